The second-order valence-electron chi connectivity index (χ2n) is 4.23. The fourth-order valence-corrected chi connectivity index (χ4v) is 2.90. The minimum Gasteiger partial charge on any atom is -0.481 e. The Hall–Kier alpha value is -0.950. The molecule has 0 bridgehead atoms. The smallest absolute Gasteiger partial charge is 0.308 e. The maximum absolute atomic E-state index is 11.8. The Balaban J connectivity index is 0.00000162. The molecule has 2 saturated heterocycles. The Kier molecular flexibility index (Phi) is 5.28. The summed E-state index contributed by atoms with van der Waals surface area (Å²) >= 11 is 1.49. The lowest BCUT2D eigenvalue weighted by Crippen LogP contribution is -2.40. The molecule has 0 aromatic heterocycles. The van der Waals surface area contributed by atoms with Gasteiger partial charge in [-0.05, 0) is 6.42 Å². The predicted octanol–water partition coefficient (Wildman–Crippen LogP) is -0.126. The van der Waals surface area contributed by atoms with Crippen molar-refractivity contribution in [2.45, 2.75) is 6.42 Å². The van der Waals surface area contributed by atoms with Gasteiger partial charge in [-0.1, -0.05) is 0 Å². The third-order valence-corrected chi connectivity index (χ3v) is 3.99. The molecule has 1 atom stereocenters. The van der Waals surface area contributed by atoms with Crippen LogP contribution in [-0.2, 0) is 14.4 Å². The van der Waals surface area contributed by atoms with Gasteiger partial charge in [0.15, 0.2) is 0 Å². The van der Waals surface area contributed by atoms with E-state index in [4.69, 9.17) is 5.11 Å². The number of carboxylic acid groups (broad SMARTS) is 1. The van der Waals surface area contributed by atoms with Crippen LogP contribution >= 0.6 is 24.2 Å². The number of carbonyl (C=O) groups is 3. The van der Waals surface area contributed by atoms with Gasteiger partial charge in [0, 0.05) is 13.1 Å². The molecule has 2 aliphatic rings. The molecule has 18 heavy (non-hydrogen) atoms. The van der Waals surface area contributed by atoms with Crippen molar-refractivity contribution in [1.29, 1.82) is 0 Å². The van der Waals surface area contributed by atoms with Gasteiger partial charge in [0.25, 0.3) is 0 Å². The van der Waals surface area contributed by atoms with Crippen molar-refractivity contribution in [2.75, 3.05) is 31.3 Å². The SMILES string of the molecule is Cl.O=C(O)C1CCN(C(=O)CN2CSCC2=O)C1. The average molecular weight is 295 g/mol. The molecule has 0 saturated carbocycles. The maximum atomic E-state index is 11.8. The lowest BCUT2D eigenvalue weighted by atomic mass is 10.1. The van der Waals surface area contributed by atoms with Gasteiger partial charge >= 0.3 is 5.97 Å². The molecule has 0 aromatic rings. The van der Waals surface area contributed by atoms with E-state index in [0.29, 0.717) is 24.6 Å². The van der Waals surface area contributed by atoms with E-state index in [0.717, 1.165) is 0 Å². The molecule has 102 valence electrons. The molecule has 0 aliphatic carbocycles. The first-order chi connectivity index (χ1) is 8.08. The van der Waals surface area contributed by atoms with Crippen LogP contribution in [0.25, 0.3) is 0 Å². The van der Waals surface area contributed by atoms with Crippen molar-refractivity contribution in [3.05, 3.63) is 0 Å². The molecule has 2 fully saturated rings. The predicted molar refractivity (Wildman–Crippen MR) is 68.6 cm³/mol. The maximum Gasteiger partial charge on any atom is 0.308 e. The van der Waals surface area contributed by atoms with Crippen molar-refractivity contribution in [3.8, 4) is 0 Å². The zero-order valence-electron chi connectivity index (χ0n) is 9.70. The molecule has 0 spiro atoms. The molecule has 0 aromatic carbocycles. The van der Waals surface area contributed by atoms with Gasteiger partial charge in [0.05, 0.1) is 17.5 Å². The van der Waals surface area contributed by atoms with Crippen LogP contribution in [0.2, 0.25) is 0 Å². The van der Waals surface area contributed by atoms with Gasteiger partial charge in [-0.25, -0.2) is 0 Å². The molecular formula is C10H15ClN2O4S. The monoisotopic (exact) mass is 294 g/mol. The molecule has 2 amide bonds. The first kappa shape index (κ1) is 15.1. The lowest BCUT2D eigenvalue weighted by molar-refractivity contribution is -0.142. The summed E-state index contributed by atoms with van der Waals surface area (Å²) in [6.45, 7) is 0.826. The standard InChI is InChI=1S/C10H14N2O4S.ClH/c13-8(4-12-6-17-5-9(12)14)11-2-1-7(3-11)10(15)16;/h7H,1-6H2,(H,15,16);1H. The van der Waals surface area contributed by atoms with Crippen molar-refractivity contribution in [2.24, 2.45) is 5.92 Å². The highest BCUT2D eigenvalue weighted by Gasteiger charge is 2.32. The van der Waals surface area contributed by atoms with Gasteiger partial charge in [0.2, 0.25) is 11.8 Å². The molecule has 0 radical (unpaired) electrons. The van der Waals surface area contributed by atoms with E-state index < -0.39 is 11.9 Å². The molecule has 2 aliphatic heterocycles. The van der Waals surface area contributed by atoms with E-state index in [1.54, 1.807) is 0 Å². The fourth-order valence-electron chi connectivity index (χ4n) is 1.99. The zero-order valence-corrected chi connectivity index (χ0v) is 11.3. The average Bonchev–Trinajstić information content (AvgIpc) is 2.88. The number of carbonyl (C=O) groups excluding carboxylic acids is 2. The van der Waals surface area contributed by atoms with Crippen molar-refractivity contribution in [1.82, 2.24) is 9.80 Å². The quantitative estimate of drug-likeness (QED) is 0.785. The topological polar surface area (TPSA) is 77.9 Å². The van der Waals surface area contributed by atoms with Crippen LogP contribution in [0.3, 0.4) is 0 Å². The number of likely N-dealkylation sites (tertiary alicyclic amines) is 1. The number of aliphatic carboxylic acids is 1. The minimum atomic E-state index is -0.854. The summed E-state index contributed by atoms with van der Waals surface area (Å²) in [7, 11) is 0. The van der Waals surface area contributed by atoms with E-state index in [1.807, 2.05) is 0 Å². The summed E-state index contributed by atoms with van der Waals surface area (Å²) in [5, 5.41) is 8.83. The number of nitrogens with zero attached hydrogens (tertiary/aromatic N) is 2. The van der Waals surface area contributed by atoms with Crippen molar-refractivity contribution < 1.29 is 19.5 Å². The summed E-state index contributed by atoms with van der Waals surface area (Å²) in [6, 6.07) is 0. The zero-order chi connectivity index (χ0) is 12.4. The van der Waals surface area contributed by atoms with Crippen molar-refractivity contribution in [3.63, 3.8) is 0 Å². The number of hydrogen-bond donors (Lipinski definition) is 1. The molecule has 8 heteroatoms. The summed E-state index contributed by atoms with van der Waals surface area (Å²) in [6.07, 6.45) is 0.504. The number of rotatable bonds is 3. The number of hydrogen-bond acceptors (Lipinski definition) is 4. The highest BCUT2D eigenvalue weighted by Crippen LogP contribution is 2.18. The summed E-state index contributed by atoms with van der Waals surface area (Å²) in [4.78, 5) is 37.0. The van der Waals surface area contributed by atoms with Gasteiger partial charge in [-0.2, -0.15) is 0 Å². The minimum absolute atomic E-state index is 0. The second-order valence-corrected chi connectivity index (χ2v) is 5.19. The third-order valence-electron chi connectivity index (χ3n) is 3.04. The van der Waals surface area contributed by atoms with Crippen LogP contribution in [0.5, 0.6) is 0 Å². The van der Waals surface area contributed by atoms with Crippen LogP contribution in [0.15, 0.2) is 0 Å². The number of carboxylic acids is 1. The number of amides is 2. The summed E-state index contributed by atoms with van der Waals surface area (Å²) in [5.41, 5.74) is 0. The first-order valence-electron chi connectivity index (χ1n) is 5.44. The molecule has 2 heterocycles. The van der Waals surface area contributed by atoms with E-state index in [-0.39, 0.29) is 37.3 Å². The third kappa shape index (κ3) is 3.29. The highest BCUT2D eigenvalue weighted by molar-refractivity contribution is 8.00. The van der Waals surface area contributed by atoms with Crippen molar-refractivity contribution >= 4 is 42.0 Å². The highest BCUT2D eigenvalue weighted by atomic mass is 35.5. The number of halogens is 1. The molecule has 6 nitrogen and oxygen atoms in total. The largest absolute Gasteiger partial charge is 0.481 e. The van der Waals surface area contributed by atoms with E-state index >= 15 is 0 Å². The molecule has 1 unspecified atom stereocenters. The van der Waals surface area contributed by atoms with Gasteiger partial charge in [-0.3, -0.25) is 14.4 Å². The van der Waals surface area contributed by atoms with Crippen LogP contribution in [0.1, 0.15) is 6.42 Å². The Labute approximate surface area is 115 Å². The second kappa shape index (κ2) is 6.29. The normalized spacial score (nSPS) is 23.1. The van der Waals surface area contributed by atoms with Gasteiger partial charge < -0.3 is 14.9 Å². The fraction of sp³-hybridized carbons (Fsp3) is 0.700. The van der Waals surface area contributed by atoms with Crippen LogP contribution in [0, 0.1) is 5.92 Å². The molecule has 2 rings (SSSR count). The molecule has 1 N–H and O–H groups in total. The molecular weight excluding hydrogens is 280 g/mol. The van der Waals surface area contributed by atoms with E-state index in [2.05, 4.69) is 0 Å². The van der Waals surface area contributed by atoms with E-state index in [9.17, 15) is 14.4 Å². The Bertz CT molecular complexity index is 366. The van der Waals surface area contributed by atoms with Crippen LogP contribution in [0.4, 0.5) is 0 Å². The first-order valence-corrected chi connectivity index (χ1v) is 6.59. The Morgan fingerprint density at radius 3 is 2.67 bits per heavy atom. The van der Waals surface area contributed by atoms with E-state index in [1.165, 1.54) is 21.6 Å². The summed E-state index contributed by atoms with van der Waals surface area (Å²) in [5.74, 6) is -0.483. The Morgan fingerprint density at radius 2 is 2.17 bits per heavy atom. The lowest BCUT2D eigenvalue weighted by Gasteiger charge is -2.20. The van der Waals surface area contributed by atoms with Gasteiger partial charge in [0.1, 0.15) is 6.54 Å². The Morgan fingerprint density at radius 1 is 1.44 bits per heavy atom. The number of thioether (sulfide) groups is 1. The van der Waals surface area contributed by atoms with Crippen LogP contribution in [-0.4, -0.2) is 64.0 Å². The summed E-state index contributed by atoms with van der Waals surface area (Å²) < 4.78 is 0. The van der Waals surface area contributed by atoms with Crippen LogP contribution < -0.4 is 0 Å². The van der Waals surface area contributed by atoms with Gasteiger partial charge in [-0.15, -0.1) is 24.2 Å².